The van der Waals surface area contributed by atoms with Gasteiger partial charge in [0, 0.05) is 15.5 Å². The Kier molecular flexibility index (Phi) is 4.60. The molecule has 0 spiro atoms. The lowest BCUT2D eigenvalue weighted by Crippen LogP contribution is -2.10. The number of rotatable bonds is 2. The molecule has 26 heavy (non-hydrogen) atoms. The quantitative estimate of drug-likeness (QED) is 0.449. The highest BCUT2D eigenvalue weighted by molar-refractivity contribution is 9.10. The van der Waals surface area contributed by atoms with Crippen LogP contribution in [0.1, 0.15) is 11.3 Å². The molecule has 0 unspecified atom stereocenters. The van der Waals surface area contributed by atoms with Gasteiger partial charge in [-0.25, -0.2) is 4.98 Å². The van der Waals surface area contributed by atoms with Crippen LogP contribution in [0.15, 0.2) is 53.0 Å². The third-order valence-electron chi connectivity index (χ3n) is 3.53. The van der Waals surface area contributed by atoms with Crippen LogP contribution in [0.25, 0.3) is 10.9 Å². The van der Waals surface area contributed by atoms with Gasteiger partial charge in [-0.15, -0.1) is 0 Å². The van der Waals surface area contributed by atoms with Crippen molar-refractivity contribution in [2.24, 2.45) is 0 Å². The number of aromatic nitrogens is 1. The van der Waals surface area contributed by atoms with Gasteiger partial charge in [-0.05, 0) is 36.4 Å². The topological polar surface area (TPSA) is 24.9 Å². The van der Waals surface area contributed by atoms with Crippen LogP contribution in [-0.2, 0) is 12.4 Å². The smallest absolute Gasteiger partial charge is 0.355 e. The second kappa shape index (κ2) is 6.46. The normalized spacial score (nSPS) is 12.4. The van der Waals surface area contributed by atoms with Crippen LogP contribution in [-0.4, -0.2) is 4.98 Å². The zero-order valence-corrected chi connectivity index (χ0v) is 14.3. The number of nitrogens with one attached hydrogen (secondary N) is 1. The van der Waals surface area contributed by atoms with E-state index in [1.54, 1.807) is 24.3 Å². The minimum Gasteiger partial charge on any atom is -0.355 e. The van der Waals surface area contributed by atoms with Gasteiger partial charge in [-0.3, -0.25) is 0 Å². The molecule has 1 N–H and O–H groups in total. The fraction of sp³-hybridized carbons (Fsp3) is 0.118. The monoisotopic (exact) mass is 434 g/mol. The van der Waals surface area contributed by atoms with E-state index >= 15 is 0 Å². The molecule has 0 aliphatic rings. The number of alkyl halides is 6. The van der Waals surface area contributed by atoms with Crippen molar-refractivity contribution >= 4 is 38.2 Å². The van der Waals surface area contributed by atoms with Crippen molar-refractivity contribution in [1.82, 2.24) is 4.98 Å². The molecule has 0 atom stereocenters. The predicted octanol–water partition coefficient (Wildman–Crippen LogP) is 6.78. The van der Waals surface area contributed by atoms with Crippen LogP contribution in [0.2, 0.25) is 0 Å². The van der Waals surface area contributed by atoms with Gasteiger partial charge in [0.25, 0.3) is 0 Å². The van der Waals surface area contributed by atoms with E-state index in [0.717, 1.165) is 18.2 Å². The summed E-state index contributed by atoms with van der Waals surface area (Å²) in [7, 11) is 0. The third-order valence-corrected chi connectivity index (χ3v) is 4.02. The summed E-state index contributed by atoms with van der Waals surface area (Å²) in [5, 5.41) is 2.95. The lowest BCUT2D eigenvalue weighted by atomic mass is 10.1. The van der Waals surface area contributed by atoms with Gasteiger partial charge < -0.3 is 5.32 Å². The molecular weight excluding hydrogens is 426 g/mol. The molecule has 1 aromatic heterocycles. The number of anilines is 2. The molecule has 1 heterocycles. The van der Waals surface area contributed by atoms with Crippen LogP contribution >= 0.6 is 15.9 Å². The number of fused-ring (bicyclic) bond motifs is 1. The molecule has 0 saturated heterocycles. The Bertz CT molecular complexity index is 960. The highest BCUT2D eigenvalue weighted by atomic mass is 79.9. The summed E-state index contributed by atoms with van der Waals surface area (Å²) in [6.45, 7) is 0. The highest BCUT2D eigenvalue weighted by Gasteiger charge is 2.35. The van der Waals surface area contributed by atoms with E-state index in [2.05, 4.69) is 26.2 Å². The summed E-state index contributed by atoms with van der Waals surface area (Å²) in [5.41, 5.74) is -2.26. The minimum absolute atomic E-state index is 0.00847. The summed E-state index contributed by atoms with van der Waals surface area (Å²) in [4.78, 5) is 3.37. The second-order valence-corrected chi connectivity index (χ2v) is 6.33. The Morgan fingerprint density at radius 1 is 0.846 bits per heavy atom. The van der Waals surface area contributed by atoms with Gasteiger partial charge in [0.1, 0.15) is 5.69 Å². The van der Waals surface area contributed by atoms with Crippen molar-refractivity contribution in [1.29, 1.82) is 0 Å². The molecule has 0 aliphatic carbocycles. The largest absolute Gasteiger partial charge is 0.433 e. The zero-order valence-electron chi connectivity index (χ0n) is 12.7. The number of hydrogen-bond acceptors (Lipinski definition) is 2. The van der Waals surface area contributed by atoms with Crippen molar-refractivity contribution in [3.05, 3.63) is 64.3 Å². The Hall–Kier alpha value is -2.29. The van der Waals surface area contributed by atoms with Gasteiger partial charge in [-0.1, -0.05) is 28.1 Å². The lowest BCUT2D eigenvalue weighted by molar-refractivity contribution is -0.140. The molecule has 0 fully saturated rings. The summed E-state index contributed by atoms with van der Waals surface area (Å²) in [6.07, 6.45) is -9.47. The molecule has 2 aromatic carbocycles. The maximum atomic E-state index is 13.1. The molecule has 0 bridgehead atoms. The van der Waals surface area contributed by atoms with Crippen LogP contribution in [0.5, 0.6) is 0 Å². The number of benzene rings is 2. The van der Waals surface area contributed by atoms with E-state index in [1.807, 2.05) is 0 Å². The summed E-state index contributed by atoms with van der Waals surface area (Å²) < 4.78 is 78.6. The van der Waals surface area contributed by atoms with Gasteiger partial charge in [0.15, 0.2) is 0 Å². The van der Waals surface area contributed by atoms with E-state index < -0.39 is 29.1 Å². The van der Waals surface area contributed by atoms with Crippen LogP contribution in [0, 0.1) is 0 Å². The van der Waals surface area contributed by atoms with Crippen LogP contribution in [0.3, 0.4) is 0 Å². The number of pyridine rings is 1. The second-order valence-electron chi connectivity index (χ2n) is 5.42. The Balaban J connectivity index is 2.19. The molecular formula is C17H9BrF6N2. The first-order chi connectivity index (χ1) is 12.0. The average molecular weight is 435 g/mol. The summed E-state index contributed by atoms with van der Waals surface area (Å²) in [5.74, 6) is 0. The number of hydrogen-bond donors (Lipinski definition) is 1. The van der Waals surface area contributed by atoms with E-state index in [0.29, 0.717) is 16.2 Å². The average Bonchev–Trinajstić information content (AvgIpc) is 2.52. The lowest BCUT2D eigenvalue weighted by Gasteiger charge is -2.15. The number of nitrogens with zero attached hydrogens (tertiary/aromatic N) is 1. The molecule has 0 saturated carbocycles. The fourth-order valence-corrected chi connectivity index (χ4v) is 2.77. The van der Waals surface area contributed by atoms with E-state index in [4.69, 9.17) is 0 Å². The molecule has 3 rings (SSSR count). The van der Waals surface area contributed by atoms with Crippen molar-refractivity contribution in [3.63, 3.8) is 0 Å². The molecule has 0 aliphatic heterocycles. The standard InChI is InChI=1S/C17H9BrF6N2/c18-10-2-1-3-11(7-10)25-14-8-15(17(22,23)24)26-13-6-9(16(19,20)21)4-5-12(13)14/h1-8H,(H,25,26). The molecule has 2 nitrogen and oxygen atoms in total. The SMILES string of the molecule is FC(F)(F)c1ccc2c(Nc3cccc(Br)c3)cc(C(F)(F)F)nc2c1. The first-order valence-electron chi connectivity index (χ1n) is 7.16. The minimum atomic E-state index is -4.80. The summed E-state index contributed by atoms with van der Waals surface area (Å²) >= 11 is 3.25. The Labute approximate surface area is 152 Å². The number of halogens is 7. The summed E-state index contributed by atoms with van der Waals surface area (Å²) in [6, 6.07) is 9.94. The van der Waals surface area contributed by atoms with Gasteiger partial charge in [0.2, 0.25) is 0 Å². The first kappa shape index (κ1) is 18.5. The molecule has 0 radical (unpaired) electrons. The predicted molar refractivity (Wildman–Crippen MR) is 89.2 cm³/mol. The Morgan fingerprint density at radius 2 is 1.58 bits per heavy atom. The van der Waals surface area contributed by atoms with E-state index in [1.165, 1.54) is 0 Å². The highest BCUT2D eigenvalue weighted by Crippen LogP contribution is 2.37. The Morgan fingerprint density at radius 3 is 2.19 bits per heavy atom. The van der Waals surface area contributed by atoms with Gasteiger partial charge in [-0.2, -0.15) is 26.3 Å². The molecule has 9 heteroatoms. The van der Waals surface area contributed by atoms with Crippen LogP contribution < -0.4 is 5.32 Å². The molecule has 3 aromatic rings. The van der Waals surface area contributed by atoms with Crippen LogP contribution in [0.4, 0.5) is 37.7 Å². The van der Waals surface area contributed by atoms with Crippen molar-refractivity contribution in [2.45, 2.75) is 12.4 Å². The van der Waals surface area contributed by atoms with E-state index in [9.17, 15) is 26.3 Å². The fourth-order valence-electron chi connectivity index (χ4n) is 2.38. The van der Waals surface area contributed by atoms with Crippen molar-refractivity contribution in [2.75, 3.05) is 5.32 Å². The molecule has 0 amide bonds. The zero-order chi connectivity index (χ0) is 19.1. The van der Waals surface area contributed by atoms with Gasteiger partial charge >= 0.3 is 12.4 Å². The third kappa shape index (κ3) is 3.92. The maximum Gasteiger partial charge on any atom is 0.433 e. The van der Waals surface area contributed by atoms with E-state index in [-0.39, 0.29) is 11.1 Å². The van der Waals surface area contributed by atoms with Crippen molar-refractivity contribution < 1.29 is 26.3 Å². The van der Waals surface area contributed by atoms with Gasteiger partial charge in [0.05, 0.1) is 16.8 Å². The first-order valence-corrected chi connectivity index (χ1v) is 7.95. The van der Waals surface area contributed by atoms with Crippen molar-refractivity contribution in [3.8, 4) is 0 Å². The maximum absolute atomic E-state index is 13.1. The molecule has 136 valence electrons.